The number of carbonyl (C=O) groups excluding carboxylic acids is 1. The highest BCUT2D eigenvalue weighted by Gasteiger charge is 2.33. The van der Waals surface area contributed by atoms with E-state index in [0.717, 1.165) is 31.3 Å². The highest BCUT2D eigenvalue weighted by atomic mass is 16.3. The number of rotatable bonds is 5. The molecule has 3 rings (SSSR count). The molecule has 1 aliphatic carbocycles. The van der Waals surface area contributed by atoms with Crippen LogP contribution in [0.3, 0.4) is 0 Å². The SMILES string of the molecule is C[C@@H](NC(=O)NC[C@](C)(O)C1CCCCC1)c1nnc2ccccn12. The third-order valence-corrected chi connectivity index (χ3v) is 5.17. The van der Waals surface area contributed by atoms with Crippen molar-refractivity contribution in [3.05, 3.63) is 30.2 Å². The van der Waals surface area contributed by atoms with Crippen LogP contribution in [-0.2, 0) is 0 Å². The van der Waals surface area contributed by atoms with E-state index in [0.29, 0.717) is 5.82 Å². The summed E-state index contributed by atoms with van der Waals surface area (Å²) in [4.78, 5) is 12.2. The lowest BCUT2D eigenvalue weighted by Crippen LogP contribution is -2.49. The number of nitrogens with zero attached hydrogens (tertiary/aromatic N) is 3. The normalized spacial score (nSPS) is 19.3. The Labute approximate surface area is 147 Å². The van der Waals surface area contributed by atoms with Gasteiger partial charge in [0.05, 0.1) is 11.6 Å². The van der Waals surface area contributed by atoms with Gasteiger partial charge >= 0.3 is 6.03 Å². The molecule has 1 aliphatic rings. The number of hydrogen-bond donors (Lipinski definition) is 3. The molecule has 3 N–H and O–H groups in total. The summed E-state index contributed by atoms with van der Waals surface area (Å²) in [5.41, 5.74) is -0.130. The standard InChI is InChI=1S/C18H27N5O2/c1-13(16-22-21-15-10-6-7-11-23(15)16)20-17(24)19-12-18(2,25)14-8-4-3-5-9-14/h6-7,10-11,13-14,25H,3-5,8-9,12H2,1-2H3,(H2,19,20,24)/t13-,18+/m1/s1. The Morgan fingerprint density at radius 2 is 2.12 bits per heavy atom. The van der Waals surface area contributed by atoms with Gasteiger partial charge in [0.15, 0.2) is 11.5 Å². The predicted octanol–water partition coefficient (Wildman–Crippen LogP) is 2.42. The van der Waals surface area contributed by atoms with Crippen LogP contribution in [0.25, 0.3) is 5.65 Å². The first kappa shape index (κ1) is 17.7. The minimum Gasteiger partial charge on any atom is -0.388 e. The molecule has 2 heterocycles. The average molecular weight is 345 g/mol. The van der Waals surface area contributed by atoms with E-state index in [-0.39, 0.29) is 24.5 Å². The van der Waals surface area contributed by atoms with Gasteiger partial charge in [-0.15, -0.1) is 10.2 Å². The first-order valence-electron chi connectivity index (χ1n) is 9.04. The van der Waals surface area contributed by atoms with Crippen LogP contribution in [-0.4, -0.2) is 37.9 Å². The molecule has 2 aromatic heterocycles. The topological polar surface area (TPSA) is 91.5 Å². The molecule has 0 aliphatic heterocycles. The number of fused-ring (bicyclic) bond motifs is 1. The van der Waals surface area contributed by atoms with Gasteiger partial charge in [0.25, 0.3) is 0 Å². The van der Waals surface area contributed by atoms with E-state index in [1.54, 1.807) is 0 Å². The number of hydrogen-bond acceptors (Lipinski definition) is 4. The molecule has 0 unspecified atom stereocenters. The van der Waals surface area contributed by atoms with Crippen LogP contribution in [0.1, 0.15) is 57.8 Å². The first-order chi connectivity index (χ1) is 12.0. The Kier molecular flexibility index (Phi) is 5.22. The van der Waals surface area contributed by atoms with Gasteiger partial charge in [-0.05, 0) is 44.7 Å². The van der Waals surface area contributed by atoms with Crippen LogP contribution < -0.4 is 10.6 Å². The summed E-state index contributed by atoms with van der Waals surface area (Å²) >= 11 is 0. The largest absolute Gasteiger partial charge is 0.388 e. The van der Waals surface area contributed by atoms with Gasteiger partial charge < -0.3 is 15.7 Å². The fourth-order valence-corrected chi connectivity index (χ4v) is 3.60. The van der Waals surface area contributed by atoms with Crippen molar-refractivity contribution in [2.75, 3.05) is 6.54 Å². The van der Waals surface area contributed by atoms with Crippen molar-refractivity contribution in [3.8, 4) is 0 Å². The molecule has 0 saturated heterocycles. The molecule has 2 amide bonds. The maximum Gasteiger partial charge on any atom is 0.315 e. The summed E-state index contributed by atoms with van der Waals surface area (Å²) in [7, 11) is 0. The smallest absolute Gasteiger partial charge is 0.315 e. The van der Waals surface area contributed by atoms with Gasteiger partial charge in [0, 0.05) is 12.7 Å². The van der Waals surface area contributed by atoms with E-state index in [4.69, 9.17) is 0 Å². The Hall–Kier alpha value is -2.15. The highest BCUT2D eigenvalue weighted by Crippen LogP contribution is 2.32. The monoisotopic (exact) mass is 345 g/mol. The van der Waals surface area contributed by atoms with Crippen molar-refractivity contribution in [3.63, 3.8) is 0 Å². The summed E-state index contributed by atoms with van der Waals surface area (Å²) < 4.78 is 1.85. The van der Waals surface area contributed by atoms with Crippen molar-refractivity contribution in [1.82, 2.24) is 25.2 Å². The van der Waals surface area contributed by atoms with Gasteiger partial charge in [0.2, 0.25) is 0 Å². The molecule has 7 nitrogen and oxygen atoms in total. The summed E-state index contributed by atoms with van der Waals surface area (Å²) in [5.74, 6) is 0.921. The van der Waals surface area contributed by atoms with Crippen LogP contribution in [0, 0.1) is 5.92 Å². The quantitative estimate of drug-likeness (QED) is 0.776. The van der Waals surface area contributed by atoms with Gasteiger partial charge in [-0.2, -0.15) is 0 Å². The predicted molar refractivity (Wildman–Crippen MR) is 95.1 cm³/mol. The van der Waals surface area contributed by atoms with Gasteiger partial charge in [-0.3, -0.25) is 4.40 Å². The molecule has 0 bridgehead atoms. The van der Waals surface area contributed by atoms with E-state index in [1.807, 2.05) is 42.6 Å². The lowest BCUT2D eigenvalue weighted by atomic mass is 9.78. The third-order valence-electron chi connectivity index (χ3n) is 5.17. The van der Waals surface area contributed by atoms with Crippen molar-refractivity contribution in [2.45, 2.75) is 57.6 Å². The number of pyridine rings is 1. The van der Waals surface area contributed by atoms with Gasteiger partial charge in [-0.25, -0.2) is 4.79 Å². The number of amides is 2. The Morgan fingerprint density at radius 3 is 2.88 bits per heavy atom. The maximum atomic E-state index is 12.2. The molecule has 25 heavy (non-hydrogen) atoms. The van der Waals surface area contributed by atoms with E-state index in [9.17, 15) is 9.90 Å². The molecule has 1 saturated carbocycles. The molecule has 7 heteroatoms. The Balaban J connectivity index is 1.55. The Bertz CT molecular complexity index is 721. The lowest BCUT2D eigenvalue weighted by molar-refractivity contribution is -0.0131. The van der Waals surface area contributed by atoms with Crippen LogP contribution in [0.2, 0.25) is 0 Å². The number of aliphatic hydroxyl groups is 1. The zero-order valence-electron chi connectivity index (χ0n) is 14.9. The van der Waals surface area contributed by atoms with Gasteiger partial charge in [0.1, 0.15) is 0 Å². The van der Waals surface area contributed by atoms with Crippen molar-refractivity contribution >= 4 is 11.7 Å². The number of urea groups is 1. The second-order valence-corrected chi connectivity index (χ2v) is 7.23. The fraction of sp³-hybridized carbons (Fsp3) is 0.611. The van der Waals surface area contributed by atoms with E-state index >= 15 is 0 Å². The summed E-state index contributed by atoms with van der Waals surface area (Å²) in [6, 6.07) is 5.05. The zero-order chi connectivity index (χ0) is 17.9. The molecule has 2 aromatic rings. The molecule has 1 fully saturated rings. The highest BCUT2D eigenvalue weighted by molar-refractivity contribution is 5.74. The molecule has 136 valence electrons. The minimum absolute atomic E-state index is 0.247. The van der Waals surface area contributed by atoms with Crippen LogP contribution >= 0.6 is 0 Å². The van der Waals surface area contributed by atoms with E-state index in [2.05, 4.69) is 20.8 Å². The van der Waals surface area contributed by atoms with Gasteiger partial charge in [-0.1, -0.05) is 25.3 Å². The molecular weight excluding hydrogens is 318 g/mol. The molecule has 2 atom stereocenters. The van der Waals surface area contributed by atoms with Crippen LogP contribution in [0.5, 0.6) is 0 Å². The second-order valence-electron chi connectivity index (χ2n) is 7.23. The first-order valence-corrected chi connectivity index (χ1v) is 9.04. The van der Waals surface area contributed by atoms with Crippen molar-refractivity contribution < 1.29 is 9.90 Å². The molecule has 0 radical (unpaired) electrons. The van der Waals surface area contributed by atoms with Crippen molar-refractivity contribution in [2.24, 2.45) is 5.92 Å². The average Bonchev–Trinajstić information content (AvgIpc) is 3.05. The van der Waals surface area contributed by atoms with Crippen LogP contribution in [0.15, 0.2) is 24.4 Å². The third kappa shape index (κ3) is 4.10. The fourth-order valence-electron chi connectivity index (χ4n) is 3.60. The van der Waals surface area contributed by atoms with E-state index < -0.39 is 5.60 Å². The minimum atomic E-state index is -0.872. The van der Waals surface area contributed by atoms with E-state index in [1.165, 1.54) is 6.42 Å². The number of carbonyl (C=O) groups is 1. The summed E-state index contributed by atoms with van der Waals surface area (Å²) in [5, 5.41) is 24.6. The number of aromatic nitrogens is 3. The maximum absolute atomic E-state index is 12.2. The second kappa shape index (κ2) is 7.39. The number of nitrogens with one attached hydrogen (secondary N) is 2. The molecular formula is C18H27N5O2. The Morgan fingerprint density at radius 1 is 1.36 bits per heavy atom. The summed E-state index contributed by atoms with van der Waals surface area (Å²) in [6.45, 7) is 3.93. The molecule has 0 spiro atoms. The van der Waals surface area contributed by atoms with Crippen LogP contribution in [0.4, 0.5) is 4.79 Å². The zero-order valence-corrected chi connectivity index (χ0v) is 14.9. The molecule has 0 aromatic carbocycles. The lowest BCUT2D eigenvalue weighted by Gasteiger charge is -2.35. The summed E-state index contributed by atoms with van der Waals surface area (Å²) in [6.07, 6.45) is 7.48. The van der Waals surface area contributed by atoms with Crippen molar-refractivity contribution in [1.29, 1.82) is 0 Å².